The molecule has 1 aliphatic heterocycles. The standard InChI is InChI=1S/C18H17F2N5O/c19-13-4-5-15(14(20)11-13)21-18(26)24-9-6-12(7-10-24)17-23-22-16-3-1-2-8-25(16)17/h1-5,8,11-12H,6-7,9-10H2,(H,21,26). The first-order valence-corrected chi connectivity index (χ1v) is 8.42. The molecular weight excluding hydrogens is 340 g/mol. The molecule has 8 heteroatoms. The van der Waals surface area contributed by atoms with Crippen LogP contribution in [0, 0.1) is 11.6 Å². The number of likely N-dealkylation sites (tertiary alicyclic amines) is 1. The van der Waals surface area contributed by atoms with Crippen LogP contribution in [0.3, 0.4) is 0 Å². The molecule has 0 atom stereocenters. The molecule has 3 aromatic rings. The van der Waals surface area contributed by atoms with E-state index in [1.54, 1.807) is 4.90 Å². The second-order valence-corrected chi connectivity index (χ2v) is 6.30. The van der Waals surface area contributed by atoms with E-state index < -0.39 is 11.6 Å². The van der Waals surface area contributed by atoms with E-state index in [1.807, 2.05) is 28.8 Å². The van der Waals surface area contributed by atoms with Gasteiger partial charge in [-0.3, -0.25) is 4.40 Å². The van der Waals surface area contributed by atoms with Crippen LogP contribution in [0.5, 0.6) is 0 Å². The lowest BCUT2D eigenvalue weighted by atomic mass is 9.96. The number of nitrogens with one attached hydrogen (secondary N) is 1. The summed E-state index contributed by atoms with van der Waals surface area (Å²) in [4.78, 5) is 14.0. The summed E-state index contributed by atoms with van der Waals surface area (Å²) in [6, 6.07) is 8.43. The van der Waals surface area contributed by atoms with Gasteiger partial charge in [0.15, 0.2) is 5.65 Å². The predicted octanol–water partition coefficient (Wildman–Crippen LogP) is 3.42. The molecular formula is C18H17F2N5O. The van der Waals surface area contributed by atoms with Crippen molar-refractivity contribution in [2.75, 3.05) is 18.4 Å². The van der Waals surface area contributed by atoms with Gasteiger partial charge in [0.1, 0.15) is 17.5 Å². The normalized spacial score (nSPS) is 15.4. The zero-order valence-electron chi connectivity index (χ0n) is 13.9. The van der Waals surface area contributed by atoms with E-state index in [0.29, 0.717) is 13.1 Å². The third-order valence-corrected chi connectivity index (χ3v) is 4.66. The van der Waals surface area contributed by atoms with Gasteiger partial charge in [-0.15, -0.1) is 10.2 Å². The molecule has 134 valence electrons. The number of urea groups is 1. The van der Waals surface area contributed by atoms with Crippen LogP contribution in [0.4, 0.5) is 19.3 Å². The molecule has 3 heterocycles. The molecule has 1 N–H and O–H groups in total. The van der Waals surface area contributed by atoms with Crippen LogP contribution in [0.15, 0.2) is 42.6 Å². The molecule has 0 spiro atoms. The Morgan fingerprint density at radius 3 is 2.69 bits per heavy atom. The largest absolute Gasteiger partial charge is 0.324 e. The van der Waals surface area contributed by atoms with Crippen LogP contribution in [-0.2, 0) is 0 Å². The molecule has 2 amide bonds. The van der Waals surface area contributed by atoms with E-state index in [-0.39, 0.29) is 17.6 Å². The summed E-state index contributed by atoms with van der Waals surface area (Å²) in [7, 11) is 0. The van der Waals surface area contributed by atoms with Crippen molar-refractivity contribution in [3.8, 4) is 0 Å². The van der Waals surface area contributed by atoms with Crippen molar-refractivity contribution in [2.24, 2.45) is 0 Å². The number of benzene rings is 1. The molecule has 1 aliphatic rings. The Bertz CT molecular complexity index is 950. The Kier molecular flexibility index (Phi) is 4.24. The number of aromatic nitrogens is 3. The number of piperidine rings is 1. The molecule has 2 aromatic heterocycles. The number of hydrogen-bond donors (Lipinski definition) is 1. The number of nitrogens with zero attached hydrogens (tertiary/aromatic N) is 4. The number of carbonyl (C=O) groups is 1. The molecule has 1 aromatic carbocycles. The quantitative estimate of drug-likeness (QED) is 0.764. The van der Waals surface area contributed by atoms with Gasteiger partial charge in [0.05, 0.1) is 5.69 Å². The minimum absolute atomic E-state index is 0.0259. The monoisotopic (exact) mass is 357 g/mol. The summed E-state index contributed by atoms with van der Waals surface area (Å²) < 4.78 is 28.6. The summed E-state index contributed by atoms with van der Waals surface area (Å²) in [5.74, 6) is -0.366. The lowest BCUT2D eigenvalue weighted by Crippen LogP contribution is -2.41. The van der Waals surface area contributed by atoms with Gasteiger partial charge < -0.3 is 10.2 Å². The number of anilines is 1. The highest BCUT2D eigenvalue weighted by Gasteiger charge is 2.27. The van der Waals surface area contributed by atoms with Crippen molar-refractivity contribution in [1.82, 2.24) is 19.5 Å². The molecule has 1 saturated heterocycles. The van der Waals surface area contributed by atoms with Gasteiger partial charge in [-0.05, 0) is 37.1 Å². The number of fused-ring (bicyclic) bond motifs is 1. The van der Waals surface area contributed by atoms with Crippen LogP contribution in [0.1, 0.15) is 24.6 Å². The fourth-order valence-corrected chi connectivity index (χ4v) is 3.26. The summed E-state index contributed by atoms with van der Waals surface area (Å²) in [6.07, 6.45) is 3.42. The highest BCUT2D eigenvalue weighted by molar-refractivity contribution is 5.89. The van der Waals surface area contributed by atoms with Gasteiger partial charge in [-0.25, -0.2) is 13.6 Å². The molecule has 0 bridgehead atoms. The Morgan fingerprint density at radius 1 is 1.12 bits per heavy atom. The second kappa shape index (κ2) is 6.70. The highest BCUT2D eigenvalue weighted by Crippen LogP contribution is 2.27. The van der Waals surface area contributed by atoms with Crippen LogP contribution in [-0.4, -0.2) is 38.6 Å². The fourth-order valence-electron chi connectivity index (χ4n) is 3.26. The Labute approximate surface area is 148 Å². The maximum absolute atomic E-state index is 13.7. The van der Waals surface area contributed by atoms with Crippen LogP contribution >= 0.6 is 0 Å². The van der Waals surface area contributed by atoms with Gasteiger partial charge in [-0.2, -0.15) is 0 Å². The summed E-state index contributed by atoms with van der Waals surface area (Å²) >= 11 is 0. The van der Waals surface area contributed by atoms with Crippen molar-refractivity contribution < 1.29 is 13.6 Å². The molecule has 4 rings (SSSR count). The van der Waals surface area contributed by atoms with Crippen LogP contribution in [0.2, 0.25) is 0 Å². The van der Waals surface area contributed by atoms with Gasteiger partial charge in [0, 0.05) is 31.3 Å². The number of hydrogen-bond acceptors (Lipinski definition) is 3. The number of amides is 2. The molecule has 0 aliphatic carbocycles. The van der Waals surface area contributed by atoms with Gasteiger partial charge in [0.2, 0.25) is 0 Å². The number of halogens is 2. The van der Waals surface area contributed by atoms with Crippen molar-refractivity contribution in [2.45, 2.75) is 18.8 Å². The molecule has 0 unspecified atom stereocenters. The summed E-state index contributed by atoms with van der Waals surface area (Å²) in [6.45, 7) is 1.06. The second-order valence-electron chi connectivity index (χ2n) is 6.30. The number of carbonyl (C=O) groups excluding carboxylic acids is 1. The molecule has 6 nitrogen and oxygen atoms in total. The van der Waals surface area contributed by atoms with Crippen molar-refractivity contribution in [1.29, 1.82) is 0 Å². The SMILES string of the molecule is O=C(Nc1ccc(F)cc1F)N1CCC(c2nnc3ccccn23)CC1. The Balaban J connectivity index is 1.41. The summed E-state index contributed by atoms with van der Waals surface area (Å²) in [5, 5.41) is 11.0. The fraction of sp³-hybridized carbons (Fsp3) is 0.278. The average Bonchev–Trinajstić information content (AvgIpc) is 3.08. The minimum Gasteiger partial charge on any atom is -0.324 e. The summed E-state index contributed by atoms with van der Waals surface area (Å²) in [5.41, 5.74) is 0.774. The van der Waals surface area contributed by atoms with Gasteiger partial charge >= 0.3 is 6.03 Å². The third-order valence-electron chi connectivity index (χ3n) is 4.66. The van der Waals surface area contributed by atoms with Crippen molar-refractivity contribution in [3.05, 3.63) is 60.1 Å². The number of rotatable bonds is 2. The topological polar surface area (TPSA) is 62.5 Å². The first-order chi connectivity index (χ1) is 12.6. The first-order valence-electron chi connectivity index (χ1n) is 8.42. The zero-order valence-corrected chi connectivity index (χ0v) is 13.9. The van der Waals surface area contributed by atoms with E-state index in [1.165, 1.54) is 6.07 Å². The van der Waals surface area contributed by atoms with Crippen LogP contribution in [0.25, 0.3) is 5.65 Å². The van der Waals surface area contributed by atoms with E-state index in [2.05, 4.69) is 15.5 Å². The Morgan fingerprint density at radius 2 is 1.92 bits per heavy atom. The van der Waals surface area contributed by atoms with E-state index in [9.17, 15) is 13.6 Å². The minimum atomic E-state index is -0.789. The molecule has 0 radical (unpaired) electrons. The first kappa shape index (κ1) is 16.4. The van der Waals surface area contributed by atoms with Crippen molar-refractivity contribution >= 4 is 17.4 Å². The van der Waals surface area contributed by atoms with E-state index >= 15 is 0 Å². The molecule has 0 saturated carbocycles. The lowest BCUT2D eigenvalue weighted by molar-refractivity contribution is 0.193. The average molecular weight is 357 g/mol. The highest BCUT2D eigenvalue weighted by atomic mass is 19.1. The maximum atomic E-state index is 13.7. The smallest absolute Gasteiger partial charge is 0.321 e. The predicted molar refractivity (Wildman–Crippen MR) is 91.9 cm³/mol. The van der Waals surface area contributed by atoms with E-state index in [0.717, 1.165) is 36.4 Å². The lowest BCUT2D eigenvalue weighted by Gasteiger charge is -2.31. The molecule has 1 fully saturated rings. The van der Waals surface area contributed by atoms with Crippen molar-refractivity contribution in [3.63, 3.8) is 0 Å². The Hall–Kier alpha value is -3.03. The van der Waals surface area contributed by atoms with Crippen LogP contribution < -0.4 is 5.32 Å². The van der Waals surface area contributed by atoms with E-state index in [4.69, 9.17) is 0 Å². The number of pyridine rings is 1. The zero-order chi connectivity index (χ0) is 18.1. The third kappa shape index (κ3) is 3.10. The van der Waals surface area contributed by atoms with Gasteiger partial charge in [-0.1, -0.05) is 6.07 Å². The maximum Gasteiger partial charge on any atom is 0.321 e. The van der Waals surface area contributed by atoms with Gasteiger partial charge in [0.25, 0.3) is 0 Å². The molecule has 26 heavy (non-hydrogen) atoms.